The smallest absolute Gasteiger partial charge is 0.251 e. The quantitative estimate of drug-likeness (QED) is 0.758. The SMILES string of the molecule is N#Cc1ccnnc1OC1CCCNC1. The number of rotatable bonds is 2. The molecule has 0 saturated carbocycles. The second-order valence-corrected chi connectivity index (χ2v) is 3.45. The van der Waals surface area contributed by atoms with Gasteiger partial charge in [-0.05, 0) is 25.5 Å². The number of hydrogen-bond acceptors (Lipinski definition) is 5. The molecule has 0 spiro atoms. The first-order valence-electron chi connectivity index (χ1n) is 4.99. The molecule has 15 heavy (non-hydrogen) atoms. The number of nitriles is 1. The van der Waals surface area contributed by atoms with Gasteiger partial charge in [0.05, 0.1) is 6.20 Å². The topological polar surface area (TPSA) is 70.8 Å². The Bertz CT molecular complexity index is 368. The Morgan fingerprint density at radius 2 is 2.53 bits per heavy atom. The summed E-state index contributed by atoms with van der Waals surface area (Å²) in [4.78, 5) is 0. The molecule has 1 saturated heterocycles. The van der Waals surface area contributed by atoms with Crippen molar-refractivity contribution < 1.29 is 4.74 Å². The summed E-state index contributed by atoms with van der Waals surface area (Å²) in [5.41, 5.74) is 0.440. The summed E-state index contributed by atoms with van der Waals surface area (Å²) in [5, 5.41) is 19.6. The van der Waals surface area contributed by atoms with E-state index >= 15 is 0 Å². The van der Waals surface area contributed by atoms with Crippen molar-refractivity contribution in [2.45, 2.75) is 18.9 Å². The molecule has 2 rings (SSSR count). The van der Waals surface area contributed by atoms with Crippen LogP contribution < -0.4 is 10.1 Å². The molecule has 1 aromatic heterocycles. The minimum Gasteiger partial charge on any atom is -0.471 e. The Morgan fingerprint density at radius 1 is 1.60 bits per heavy atom. The van der Waals surface area contributed by atoms with Gasteiger partial charge >= 0.3 is 0 Å². The van der Waals surface area contributed by atoms with Crippen LogP contribution >= 0.6 is 0 Å². The summed E-state index contributed by atoms with van der Waals surface area (Å²) in [6.45, 7) is 1.84. The van der Waals surface area contributed by atoms with Crippen LogP contribution in [0.4, 0.5) is 0 Å². The van der Waals surface area contributed by atoms with Gasteiger partial charge in [0.2, 0.25) is 0 Å². The second-order valence-electron chi connectivity index (χ2n) is 3.45. The summed E-state index contributed by atoms with van der Waals surface area (Å²) in [6, 6.07) is 3.65. The first kappa shape index (κ1) is 9.87. The van der Waals surface area contributed by atoms with Crippen LogP contribution in [0.1, 0.15) is 18.4 Å². The summed E-state index contributed by atoms with van der Waals surface area (Å²) in [5.74, 6) is 0.341. The zero-order valence-corrected chi connectivity index (χ0v) is 8.31. The molecule has 1 aliphatic heterocycles. The van der Waals surface area contributed by atoms with Gasteiger partial charge < -0.3 is 10.1 Å². The van der Waals surface area contributed by atoms with Crippen LogP contribution in [0.3, 0.4) is 0 Å². The number of nitrogens with one attached hydrogen (secondary N) is 1. The monoisotopic (exact) mass is 204 g/mol. The molecule has 2 heterocycles. The van der Waals surface area contributed by atoms with E-state index in [4.69, 9.17) is 10.00 Å². The Hall–Kier alpha value is -1.67. The molecule has 0 amide bonds. The van der Waals surface area contributed by atoms with E-state index in [9.17, 15) is 0 Å². The second kappa shape index (κ2) is 4.71. The fourth-order valence-corrected chi connectivity index (χ4v) is 1.57. The van der Waals surface area contributed by atoms with E-state index in [-0.39, 0.29) is 6.10 Å². The molecular weight excluding hydrogens is 192 g/mol. The largest absolute Gasteiger partial charge is 0.471 e. The molecule has 0 bridgehead atoms. The highest BCUT2D eigenvalue weighted by Crippen LogP contribution is 2.16. The minimum absolute atomic E-state index is 0.0996. The molecule has 1 fully saturated rings. The normalized spacial score (nSPS) is 20.6. The highest BCUT2D eigenvalue weighted by molar-refractivity contribution is 5.35. The summed E-state index contributed by atoms with van der Waals surface area (Å²) in [6.07, 6.45) is 3.67. The lowest BCUT2D eigenvalue weighted by Crippen LogP contribution is -2.37. The van der Waals surface area contributed by atoms with E-state index in [0.29, 0.717) is 11.4 Å². The molecule has 1 atom stereocenters. The van der Waals surface area contributed by atoms with Gasteiger partial charge in [-0.3, -0.25) is 0 Å². The van der Waals surface area contributed by atoms with E-state index in [1.165, 1.54) is 6.20 Å². The van der Waals surface area contributed by atoms with Crippen LogP contribution in [0.25, 0.3) is 0 Å². The molecule has 5 heteroatoms. The van der Waals surface area contributed by atoms with Crippen molar-refractivity contribution in [2.75, 3.05) is 13.1 Å². The average Bonchev–Trinajstić information content (AvgIpc) is 2.31. The number of aromatic nitrogens is 2. The number of hydrogen-bond donors (Lipinski definition) is 1. The van der Waals surface area contributed by atoms with Gasteiger partial charge in [-0.25, -0.2) is 0 Å². The van der Waals surface area contributed by atoms with Crippen LogP contribution in [0.15, 0.2) is 12.3 Å². The van der Waals surface area contributed by atoms with Gasteiger partial charge in [0, 0.05) is 6.54 Å². The van der Waals surface area contributed by atoms with Crippen LogP contribution in [0, 0.1) is 11.3 Å². The van der Waals surface area contributed by atoms with Crippen molar-refractivity contribution in [2.24, 2.45) is 0 Å². The Balaban J connectivity index is 2.06. The zero-order chi connectivity index (χ0) is 10.5. The summed E-state index contributed by atoms with van der Waals surface area (Å²) < 4.78 is 5.62. The molecule has 0 aliphatic carbocycles. The van der Waals surface area contributed by atoms with Crippen molar-refractivity contribution in [3.63, 3.8) is 0 Å². The lowest BCUT2D eigenvalue weighted by atomic mass is 10.1. The molecular formula is C10H12N4O. The zero-order valence-electron chi connectivity index (χ0n) is 8.31. The van der Waals surface area contributed by atoms with E-state index in [2.05, 4.69) is 15.5 Å². The lowest BCUT2D eigenvalue weighted by Gasteiger charge is -2.23. The predicted molar refractivity (Wildman–Crippen MR) is 53.3 cm³/mol. The van der Waals surface area contributed by atoms with E-state index < -0.39 is 0 Å². The first-order valence-corrected chi connectivity index (χ1v) is 4.99. The maximum atomic E-state index is 8.83. The maximum Gasteiger partial charge on any atom is 0.251 e. The summed E-state index contributed by atoms with van der Waals surface area (Å²) in [7, 11) is 0. The van der Waals surface area contributed by atoms with Gasteiger partial charge in [-0.15, -0.1) is 5.10 Å². The van der Waals surface area contributed by atoms with Crippen LogP contribution in [-0.4, -0.2) is 29.4 Å². The molecule has 5 nitrogen and oxygen atoms in total. The van der Waals surface area contributed by atoms with Gasteiger partial charge in [0.1, 0.15) is 17.7 Å². The number of nitrogens with zero attached hydrogens (tertiary/aromatic N) is 3. The van der Waals surface area contributed by atoms with Crippen molar-refractivity contribution >= 4 is 0 Å². The summed E-state index contributed by atoms with van der Waals surface area (Å²) >= 11 is 0. The number of ether oxygens (including phenoxy) is 1. The molecule has 0 radical (unpaired) electrons. The van der Waals surface area contributed by atoms with Crippen molar-refractivity contribution in [3.05, 3.63) is 17.8 Å². The highest BCUT2D eigenvalue weighted by Gasteiger charge is 2.16. The molecule has 0 aromatic carbocycles. The molecule has 1 aliphatic rings. The van der Waals surface area contributed by atoms with E-state index in [1.807, 2.05) is 6.07 Å². The highest BCUT2D eigenvalue weighted by atomic mass is 16.5. The van der Waals surface area contributed by atoms with Gasteiger partial charge in [0.15, 0.2) is 0 Å². The number of piperidine rings is 1. The standard InChI is InChI=1S/C10H12N4O/c11-6-8-3-5-13-14-10(8)15-9-2-1-4-12-7-9/h3,5,9,12H,1-2,4,7H2. The molecule has 1 unspecified atom stereocenters. The van der Waals surface area contributed by atoms with Crippen molar-refractivity contribution in [3.8, 4) is 11.9 Å². The molecule has 78 valence electrons. The van der Waals surface area contributed by atoms with Gasteiger partial charge in [0.25, 0.3) is 5.88 Å². The lowest BCUT2D eigenvalue weighted by molar-refractivity contribution is 0.158. The van der Waals surface area contributed by atoms with E-state index in [0.717, 1.165) is 25.9 Å². The third kappa shape index (κ3) is 2.42. The van der Waals surface area contributed by atoms with Crippen molar-refractivity contribution in [1.82, 2.24) is 15.5 Å². The third-order valence-electron chi connectivity index (χ3n) is 2.34. The van der Waals surface area contributed by atoms with Crippen LogP contribution in [0.2, 0.25) is 0 Å². The minimum atomic E-state index is 0.0996. The maximum absolute atomic E-state index is 8.83. The fraction of sp³-hybridized carbons (Fsp3) is 0.500. The molecule has 1 N–H and O–H groups in total. The average molecular weight is 204 g/mol. The fourth-order valence-electron chi connectivity index (χ4n) is 1.57. The Kier molecular flexibility index (Phi) is 3.10. The van der Waals surface area contributed by atoms with Gasteiger partial charge in [-0.1, -0.05) is 0 Å². The molecule has 1 aromatic rings. The Morgan fingerprint density at radius 3 is 3.27 bits per heavy atom. The van der Waals surface area contributed by atoms with Crippen molar-refractivity contribution in [1.29, 1.82) is 5.26 Å². The van der Waals surface area contributed by atoms with Gasteiger partial charge in [-0.2, -0.15) is 10.4 Å². The third-order valence-corrected chi connectivity index (χ3v) is 2.34. The first-order chi connectivity index (χ1) is 7.40. The van der Waals surface area contributed by atoms with Crippen LogP contribution in [0.5, 0.6) is 5.88 Å². The van der Waals surface area contributed by atoms with E-state index in [1.54, 1.807) is 6.07 Å². The van der Waals surface area contributed by atoms with Crippen LogP contribution in [-0.2, 0) is 0 Å². The predicted octanol–water partition coefficient (Wildman–Crippen LogP) is 0.479. The Labute approximate surface area is 88.1 Å².